The van der Waals surface area contributed by atoms with Crippen molar-refractivity contribution in [2.75, 3.05) is 0 Å². The first-order valence-corrected chi connectivity index (χ1v) is 19.6. The SMILES string of the molecule is CC(C)(C)c1[c-]c2c(cc1)-c1ccc(C(C)(C)C)cc1C2.CC1[C-]=CC([Si](C)(C)C)=C1.[Cl-].[Cl-].[Zr+2]=[CH]Cc1ccccc1. The number of halogens is 2. The van der Waals surface area contributed by atoms with E-state index in [1.807, 2.05) is 6.07 Å². The molecule has 0 aromatic heterocycles. The summed E-state index contributed by atoms with van der Waals surface area (Å²) in [4.78, 5) is 0. The first kappa shape index (κ1) is 38.7. The van der Waals surface area contributed by atoms with Gasteiger partial charge in [0.2, 0.25) is 0 Å². The molecule has 0 radical (unpaired) electrons. The van der Waals surface area contributed by atoms with Crippen LogP contribution in [0.3, 0.4) is 0 Å². The van der Waals surface area contributed by atoms with Gasteiger partial charge in [-0.25, -0.2) is 11.3 Å². The van der Waals surface area contributed by atoms with Crippen molar-refractivity contribution >= 4 is 11.8 Å². The number of allylic oxidation sites excluding steroid dienone is 4. The molecule has 0 saturated heterocycles. The van der Waals surface area contributed by atoms with Crippen LogP contribution in [0.5, 0.6) is 0 Å². The Kier molecular flexibility index (Phi) is 14.9. The molecule has 224 valence electrons. The fourth-order valence-electron chi connectivity index (χ4n) is 4.81. The fraction of sp³-hybridized carbons (Fsp3) is 0.395. The van der Waals surface area contributed by atoms with Gasteiger partial charge >= 0.3 is 70.3 Å². The molecular weight excluding hydrogens is 647 g/mol. The molecule has 3 aromatic carbocycles. The zero-order valence-corrected chi connectivity index (χ0v) is 32.2. The van der Waals surface area contributed by atoms with Crippen LogP contribution in [0.15, 0.2) is 78.0 Å². The second-order valence-corrected chi connectivity index (χ2v) is 20.3. The van der Waals surface area contributed by atoms with Crippen LogP contribution >= 0.6 is 0 Å². The first-order chi connectivity index (χ1) is 18.6. The summed E-state index contributed by atoms with van der Waals surface area (Å²) < 4.78 is 2.25. The molecule has 1 unspecified atom stereocenters. The molecule has 2 aliphatic carbocycles. The zero-order valence-electron chi connectivity index (χ0n) is 27.3. The van der Waals surface area contributed by atoms with Gasteiger partial charge in [0, 0.05) is 0 Å². The van der Waals surface area contributed by atoms with Gasteiger partial charge in [-0.15, -0.1) is 11.1 Å². The van der Waals surface area contributed by atoms with Crippen molar-refractivity contribution in [3.63, 3.8) is 0 Å². The third-order valence-corrected chi connectivity index (χ3v) is 9.99. The molecule has 0 spiro atoms. The van der Waals surface area contributed by atoms with Gasteiger partial charge in [-0.2, -0.15) is 29.8 Å². The van der Waals surface area contributed by atoms with Crippen LogP contribution in [0.1, 0.15) is 76.3 Å². The van der Waals surface area contributed by atoms with Crippen molar-refractivity contribution in [1.29, 1.82) is 0 Å². The molecule has 0 amide bonds. The number of fused-ring (bicyclic) bond motifs is 3. The summed E-state index contributed by atoms with van der Waals surface area (Å²) in [6.45, 7) is 22.9. The van der Waals surface area contributed by atoms with Crippen LogP contribution in [0.4, 0.5) is 0 Å². The third-order valence-electron chi connectivity index (χ3n) is 7.44. The first-order valence-electron chi connectivity index (χ1n) is 14.6. The molecule has 2 aliphatic rings. The second-order valence-electron chi connectivity index (χ2n) is 14.2. The minimum absolute atomic E-state index is 0. The summed E-state index contributed by atoms with van der Waals surface area (Å²) in [5.41, 5.74) is 10.1. The predicted molar refractivity (Wildman–Crippen MR) is 176 cm³/mol. The van der Waals surface area contributed by atoms with Crippen LogP contribution < -0.4 is 24.8 Å². The molecule has 0 heterocycles. The van der Waals surface area contributed by atoms with E-state index < -0.39 is 8.07 Å². The van der Waals surface area contributed by atoms with Crippen LogP contribution in [-0.2, 0) is 47.9 Å². The van der Waals surface area contributed by atoms with Gasteiger partial charge in [0.1, 0.15) is 0 Å². The van der Waals surface area contributed by atoms with Crippen molar-refractivity contribution in [3.8, 4) is 11.1 Å². The Hall–Kier alpha value is -1.31. The van der Waals surface area contributed by atoms with E-state index in [0.29, 0.717) is 5.92 Å². The normalized spacial score (nSPS) is 15.0. The molecule has 4 heteroatoms. The number of hydrogen-bond donors (Lipinski definition) is 0. The molecule has 0 bridgehead atoms. The molecule has 0 fully saturated rings. The van der Waals surface area contributed by atoms with Crippen LogP contribution in [-0.4, -0.2) is 11.8 Å². The van der Waals surface area contributed by atoms with Crippen molar-refractivity contribution in [2.45, 2.75) is 91.8 Å². The van der Waals surface area contributed by atoms with Crippen molar-refractivity contribution in [1.82, 2.24) is 0 Å². The third kappa shape index (κ3) is 11.0. The van der Waals surface area contributed by atoms with E-state index >= 15 is 0 Å². The maximum atomic E-state index is 3.67. The summed E-state index contributed by atoms with van der Waals surface area (Å²) in [6, 6.07) is 25.7. The summed E-state index contributed by atoms with van der Waals surface area (Å²) in [5.74, 6) is 0.557. The molecule has 5 rings (SSSR count). The number of rotatable bonds is 3. The molecule has 0 aliphatic heterocycles. The van der Waals surface area contributed by atoms with Gasteiger partial charge in [-0.1, -0.05) is 97.8 Å². The number of hydrogen-bond acceptors (Lipinski definition) is 0. The molecule has 42 heavy (non-hydrogen) atoms. The van der Waals surface area contributed by atoms with E-state index in [1.54, 1.807) is 5.20 Å². The minimum atomic E-state index is -1.02. The summed E-state index contributed by atoms with van der Waals surface area (Å²) in [5, 5.41) is 1.56. The van der Waals surface area contributed by atoms with Gasteiger partial charge in [-0.05, 0) is 36.5 Å². The van der Waals surface area contributed by atoms with E-state index in [1.165, 1.54) is 63.2 Å². The monoisotopic (exact) mass is 692 g/mol. The summed E-state index contributed by atoms with van der Waals surface area (Å²) in [7, 11) is -1.02. The topological polar surface area (TPSA) is 0 Å². The van der Waals surface area contributed by atoms with Crippen molar-refractivity contribution in [3.05, 3.63) is 118 Å². The van der Waals surface area contributed by atoms with Gasteiger partial charge in [0.15, 0.2) is 0 Å². The Morgan fingerprint density at radius 1 is 0.857 bits per heavy atom. The second kappa shape index (κ2) is 16.1. The number of benzene rings is 3. The van der Waals surface area contributed by atoms with E-state index in [-0.39, 0.29) is 35.6 Å². The Morgan fingerprint density at radius 2 is 1.48 bits per heavy atom. The predicted octanol–water partition coefficient (Wildman–Crippen LogP) is 4.04. The molecule has 3 aromatic rings. The van der Waals surface area contributed by atoms with E-state index in [9.17, 15) is 0 Å². The summed E-state index contributed by atoms with van der Waals surface area (Å²) >= 11 is 1.51. The van der Waals surface area contributed by atoms with E-state index in [2.05, 4.69) is 151 Å². The summed E-state index contributed by atoms with van der Waals surface area (Å²) in [6.07, 6.45) is 9.96. The quantitative estimate of drug-likeness (QED) is 0.225. The van der Waals surface area contributed by atoms with E-state index in [4.69, 9.17) is 0 Å². The van der Waals surface area contributed by atoms with Crippen molar-refractivity contribution < 1.29 is 49.0 Å². The molecule has 0 nitrogen and oxygen atoms in total. The molecular formula is C38H48Cl2SiZr-2. The molecule has 0 saturated carbocycles. The van der Waals surface area contributed by atoms with Crippen LogP contribution in [0, 0.1) is 18.1 Å². The van der Waals surface area contributed by atoms with Crippen molar-refractivity contribution in [2.24, 2.45) is 5.92 Å². The average molecular weight is 695 g/mol. The van der Waals surface area contributed by atoms with Gasteiger partial charge in [0.05, 0.1) is 0 Å². The Labute approximate surface area is 285 Å². The van der Waals surface area contributed by atoms with E-state index in [0.717, 1.165) is 12.8 Å². The Bertz CT molecular complexity index is 1310. The van der Waals surface area contributed by atoms with Crippen LogP contribution in [0.2, 0.25) is 19.6 Å². The average Bonchev–Trinajstić information content (AvgIpc) is 3.47. The van der Waals surface area contributed by atoms with Gasteiger partial charge in [-0.3, -0.25) is 6.08 Å². The van der Waals surface area contributed by atoms with Crippen LogP contribution in [0.25, 0.3) is 11.1 Å². The standard InChI is InChI=1S/C21H25.C9H15Si.C8H8.2ClH.Zr/c1-20(2,3)16-7-9-18-14(12-16)11-15-13-17(21(4,5)6)8-10-19(15)18;1-8-5-6-9(7-8)10(2,3)4;1-2-8-6-4-3-5-7-8;;;/h7-10,12H,11H2,1-6H3;6-8H,1-4H3;1,3-7H,2H2;2*1H;/q2*-1;;;;+2/p-2. The fourth-order valence-corrected chi connectivity index (χ4v) is 6.66. The maximum absolute atomic E-state index is 3.67. The van der Waals surface area contributed by atoms with Gasteiger partial charge in [0.25, 0.3) is 0 Å². The zero-order chi connectivity index (χ0) is 29.7. The van der Waals surface area contributed by atoms with Gasteiger partial charge < -0.3 is 24.8 Å². The molecule has 0 N–H and O–H groups in total. The Balaban J connectivity index is 0.000000353. The Morgan fingerprint density at radius 3 is 1.95 bits per heavy atom. The molecule has 1 atom stereocenters.